The van der Waals surface area contributed by atoms with E-state index in [9.17, 15) is 0 Å². The summed E-state index contributed by atoms with van der Waals surface area (Å²) in [5.41, 5.74) is 0. The first-order chi connectivity index (χ1) is 10.8. The van der Waals surface area contributed by atoms with Crippen molar-refractivity contribution in [1.82, 2.24) is 16.0 Å². The van der Waals surface area contributed by atoms with Crippen LogP contribution in [0.4, 0.5) is 0 Å². The van der Waals surface area contributed by atoms with E-state index in [1.165, 1.54) is 97.1 Å². The maximum Gasteiger partial charge on any atom is -0.00463 e. The lowest BCUT2D eigenvalue weighted by Gasteiger charge is -2.18. The third-order valence-electron chi connectivity index (χ3n) is 4.31. The van der Waals surface area contributed by atoms with Gasteiger partial charge in [0.1, 0.15) is 0 Å². The maximum absolute atomic E-state index is 3.60. The first kappa shape index (κ1) is 21.9. The average molecular weight is 314 g/mol. The molecule has 3 heteroatoms. The summed E-state index contributed by atoms with van der Waals surface area (Å²) in [6.07, 6.45) is 11.8. The van der Waals surface area contributed by atoms with Crippen molar-refractivity contribution in [1.29, 1.82) is 0 Å². The summed E-state index contributed by atoms with van der Waals surface area (Å²) in [6, 6.07) is 0. The summed E-state index contributed by atoms with van der Waals surface area (Å²) in [6.45, 7) is 13.9. The summed E-state index contributed by atoms with van der Waals surface area (Å²) in [7, 11) is 0. The van der Waals surface area contributed by atoms with Gasteiger partial charge in [-0.3, -0.25) is 0 Å². The van der Waals surface area contributed by atoms with Crippen molar-refractivity contribution in [2.75, 3.05) is 39.3 Å². The van der Waals surface area contributed by atoms with E-state index < -0.39 is 0 Å². The van der Waals surface area contributed by atoms with Gasteiger partial charge in [0.05, 0.1) is 0 Å². The first-order valence-electron chi connectivity index (χ1n) is 9.97. The van der Waals surface area contributed by atoms with Gasteiger partial charge in [0.25, 0.3) is 0 Å². The molecule has 0 saturated heterocycles. The van der Waals surface area contributed by atoms with Crippen molar-refractivity contribution >= 4 is 0 Å². The largest absolute Gasteiger partial charge is 0.317 e. The Morgan fingerprint density at radius 2 is 0.818 bits per heavy atom. The lowest BCUT2D eigenvalue weighted by atomic mass is 9.97. The predicted molar refractivity (Wildman–Crippen MR) is 101 cm³/mol. The fourth-order valence-corrected chi connectivity index (χ4v) is 2.63. The molecule has 0 aliphatic rings. The minimum absolute atomic E-state index is 0.859. The number of unbranched alkanes of at least 4 members (excludes halogenated alkanes) is 3. The highest BCUT2D eigenvalue weighted by Crippen LogP contribution is 2.12. The van der Waals surface area contributed by atoms with Gasteiger partial charge in [0, 0.05) is 0 Å². The Morgan fingerprint density at radius 1 is 0.500 bits per heavy atom. The average Bonchev–Trinajstić information content (AvgIpc) is 2.53. The number of hydrogen-bond acceptors (Lipinski definition) is 3. The molecule has 0 atom stereocenters. The third-order valence-corrected chi connectivity index (χ3v) is 4.31. The van der Waals surface area contributed by atoms with Gasteiger partial charge in [-0.2, -0.15) is 0 Å². The van der Waals surface area contributed by atoms with Crippen LogP contribution in [0.1, 0.15) is 78.6 Å². The molecule has 134 valence electrons. The van der Waals surface area contributed by atoms with Gasteiger partial charge < -0.3 is 16.0 Å². The van der Waals surface area contributed by atoms with Gasteiger partial charge >= 0.3 is 0 Å². The molecule has 0 aliphatic heterocycles. The molecule has 0 radical (unpaired) electrons. The molecule has 0 aromatic carbocycles. The van der Waals surface area contributed by atoms with Crippen LogP contribution in [-0.2, 0) is 0 Å². The number of rotatable bonds is 18. The molecule has 0 heterocycles. The second-order valence-electron chi connectivity index (χ2n) is 6.54. The van der Waals surface area contributed by atoms with Crippen LogP contribution in [0, 0.1) is 5.92 Å². The molecule has 3 nitrogen and oxygen atoms in total. The zero-order valence-corrected chi connectivity index (χ0v) is 15.7. The number of hydrogen-bond donors (Lipinski definition) is 3. The zero-order chi connectivity index (χ0) is 16.3. The molecule has 0 fully saturated rings. The fourth-order valence-electron chi connectivity index (χ4n) is 2.63. The summed E-state index contributed by atoms with van der Waals surface area (Å²) in [5.74, 6) is 0.859. The Balaban J connectivity index is 3.72. The summed E-state index contributed by atoms with van der Waals surface area (Å²) in [4.78, 5) is 0. The third kappa shape index (κ3) is 16.3. The van der Waals surface area contributed by atoms with E-state index in [2.05, 4.69) is 36.7 Å². The van der Waals surface area contributed by atoms with Crippen LogP contribution < -0.4 is 16.0 Å². The summed E-state index contributed by atoms with van der Waals surface area (Å²) < 4.78 is 0. The highest BCUT2D eigenvalue weighted by Gasteiger charge is 2.08. The van der Waals surface area contributed by atoms with Crippen molar-refractivity contribution in [3.05, 3.63) is 0 Å². The van der Waals surface area contributed by atoms with Crippen LogP contribution >= 0.6 is 0 Å². The van der Waals surface area contributed by atoms with Crippen molar-refractivity contribution in [3.8, 4) is 0 Å². The summed E-state index contributed by atoms with van der Waals surface area (Å²) in [5, 5.41) is 10.8. The normalized spacial score (nSPS) is 11.5. The van der Waals surface area contributed by atoms with E-state index in [4.69, 9.17) is 0 Å². The Hall–Kier alpha value is -0.120. The van der Waals surface area contributed by atoms with E-state index >= 15 is 0 Å². The molecule has 22 heavy (non-hydrogen) atoms. The zero-order valence-electron chi connectivity index (χ0n) is 15.7. The van der Waals surface area contributed by atoms with E-state index in [1.807, 2.05) is 0 Å². The topological polar surface area (TPSA) is 36.1 Å². The molecule has 0 aromatic rings. The Morgan fingerprint density at radius 3 is 1.09 bits per heavy atom. The van der Waals surface area contributed by atoms with Gasteiger partial charge in [-0.25, -0.2) is 0 Å². The van der Waals surface area contributed by atoms with Crippen LogP contribution in [0.15, 0.2) is 0 Å². The molecule has 0 aromatic heterocycles. The van der Waals surface area contributed by atoms with Gasteiger partial charge in [0.2, 0.25) is 0 Å². The van der Waals surface area contributed by atoms with Gasteiger partial charge in [0.15, 0.2) is 0 Å². The minimum atomic E-state index is 0.859. The lowest BCUT2D eigenvalue weighted by molar-refractivity contribution is 0.387. The molecule has 0 unspecified atom stereocenters. The van der Waals surface area contributed by atoms with E-state index in [0.717, 1.165) is 5.92 Å². The molecule has 0 bridgehead atoms. The SMILES string of the molecule is CCCCNCCC(CCNCCCC)CCNCCCC. The van der Waals surface area contributed by atoms with E-state index in [0.29, 0.717) is 0 Å². The van der Waals surface area contributed by atoms with Crippen LogP contribution in [0.3, 0.4) is 0 Å². The van der Waals surface area contributed by atoms with Crippen LogP contribution in [0.25, 0.3) is 0 Å². The van der Waals surface area contributed by atoms with Crippen LogP contribution in [-0.4, -0.2) is 39.3 Å². The van der Waals surface area contributed by atoms with Crippen molar-refractivity contribution in [3.63, 3.8) is 0 Å². The molecule has 0 amide bonds. The molecule has 0 saturated carbocycles. The lowest BCUT2D eigenvalue weighted by Crippen LogP contribution is -2.26. The van der Waals surface area contributed by atoms with Gasteiger partial charge in [-0.05, 0) is 83.7 Å². The first-order valence-corrected chi connectivity index (χ1v) is 9.97. The highest BCUT2D eigenvalue weighted by atomic mass is 14.9. The highest BCUT2D eigenvalue weighted by molar-refractivity contribution is 4.65. The smallest absolute Gasteiger partial charge is 0.00463 e. The van der Waals surface area contributed by atoms with Crippen molar-refractivity contribution in [2.24, 2.45) is 5.92 Å². The van der Waals surface area contributed by atoms with Crippen molar-refractivity contribution < 1.29 is 0 Å². The predicted octanol–water partition coefficient (Wildman–Crippen LogP) is 3.94. The standard InChI is InChI=1S/C19H43N3/c1-4-7-13-20-16-10-19(11-17-21-14-8-5-2)12-18-22-15-9-6-3/h19-22H,4-18H2,1-3H3. The van der Waals surface area contributed by atoms with Gasteiger partial charge in [-0.15, -0.1) is 0 Å². The molecule has 0 rings (SSSR count). The second-order valence-corrected chi connectivity index (χ2v) is 6.54. The van der Waals surface area contributed by atoms with Gasteiger partial charge in [-0.1, -0.05) is 40.0 Å². The molecule has 0 spiro atoms. The maximum atomic E-state index is 3.60. The van der Waals surface area contributed by atoms with Crippen LogP contribution in [0.5, 0.6) is 0 Å². The molecule has 0 aliphatic carbocycles. The van der Waals surface area contributed by atoms with Crippen LogP contribution in [0.2, 0.25) is 0 Å². The molecular formula is C19H43N3. The Kier molecular flexibility index (Phi) is 18.8. The van der Waals surface area contributed by atoms with Crippen molar-refractivity contribution in [2.45, 2.75) is 78.6 Å². The second kappa shape index (κ2) is 18.9. The monoisotopic (exact) mass is 313 g/mol. The Labute approximate surface area is 140 Å². The number of nitrogens with one attached hydrogen (secondary N) is 3. The Bertz CT molecular complexity index is 164. The molecular weight excluding hydrogens is 270 g/mol. The van der Waals surface area contributed by atoms with E-state index in [1.54, 1.807) is 0 Å². The minimum Gasteiger partial charge on any atom is -0.317 e. The fraction of sp³-hybridized carbons (Fsp3) is 1.00. The van der Waals surface area contributed by atoms with E-state index in [-0.39, 0.29) is 0 Å². The summed E-state index contributed by atoms with van der Waals surface area (Å²) >= 11 is 0. The quantitative estimate of drug-likeness (QED) is 0.335. The molecule has 3 N–H and O–H groups in total.